The van der Waals surface area contributed by atoms with Crippen molar-refractivity contribution in [3.05, 3.63) is 77.4 Å². The third-order valence-electron chi connectivity index (χ3n) is 5.61. The maximum atomic E-state index is 13.0. The number of thiophene rings is 1. The first-order valence-corrected chi connectivity index (χ1v) is 9.97. The van der Waals surface area contributed by atoms with Crippen molar-refractivity contribution >= 4 is 22.9 Å². The molecular weight excluding hydrogens is 356 g/mol. The number of rotatable bonds is 3. The predicted molar refractivity (Wildman–Crippen MR) is 108 cm³/mol. The Balaban J connectivity index is 1.61. The molecule has 1 spiro atoms. The highest BCUT2D eigenvalue weighted by Crippen LogP contribution is 2.47. The molecular formula is C21H20N4OS. The van der Waals surface area contributed by atoms with Gasteiger partial charge in [-0.3, -0.25) is 4.79 Å². The maximum Gasteiger partial charge on any atom is 0.264 e. The van der Waals surface area contributed by atoms with Crippen LogP contribution in [0, 0.1) is 0 Å². The molecule has 2 aliphatic heterocycles. The molecule has 6 heteroatoms. The van der Waals surface area contributed by atoms with Crippen LogP contribution in [0.2, 0.25) is 0 Å². The third-order valence-corrected chi connectivity index (χ3v) is 6.46. The zero-order chi connectivity index (χ0) is 18.4. The Morgan fingerprint density at radius 2 is 2.22 bits per heavy atom. The summed E-state index contributed by atoms with van der Waals surface area (Å²) in [5.74, 6) is 1.06. The first kappa shape index (κ1) is 16.3. The number of likely N-dealkylation sites (tertiary alicyclic amines) is 1. The SMILES string of the molecule is C=CCN1c2cccnc2-n2cccc2[C@@]12CCN(C(=O)c1cccs1)C2. The van der Waals surface area contributed by atoms with Crippen molar-refractivity contribution in [3.8, 4) is 5.82 Å². The molecule has 1 saturated heterocycles. The molecule has 1 fully saturated rings. The molecule has 0 saturated carbocycles. The molecule has 3 aromatic heterocycles. The summed E-state index contributed by atoms with van der Waals surface area (Å²) in [7, 11) is 0. The van der Waals surface area contributed by atoms with Gasteiger partial charge in [0.15, 0.2) is 5.82 Å². The van der Waals surface area contributed by atoms with E-state index in [0.717, 1.165) is 29.3 Å². The predicted octanol–water partition coefficient (Wildman–Crippen LogP) is 3.68. The van der Waals surface area contributed by atoms with Crippen molar-refractivity contribution in [1.29, 1.82) is 0 Å². The van der Waals surface area contributed by atoms with Gasteiger partial charge in [-0.15, -0.1) is 17.9 Å². The number of carbonyl (C=O) groups is 1. The van der Waals surface area contributed by atoms with Crippen LogP contribution in [0.4, 0.5) is 5.69 Å². The smallest absolute Gasteiger partial charge is 0.264 e. The van der Waals surface area contributed by atoms with E-state index in [9.17, 15) is 4.79 Å². The van der Waals surface area contributed by atoms with Crippen molar-refractivity contribution in [2.45, 2.75) is 12.0 Å². The molecule has 5 nitrogen and oxygen atoms in total. The molecule has 1 amide bonds. The minimum atomic E-state index is -0.263. The lowest BCUT2D eigenvalue weighted by atomic mass is 9.89. The van der Waals surface area contributed by atoms with E-state index in [1.807, 2.05) is 40.8 Å². The van der Waals surface area contributed by atoms with Gasteiger partial charge in [-0.1, -0.05) is 12.1 Å². The van der Waals surface area contributed by atoms with Gasteiger partial charge in [0, 0.05) is 32.0 Å². The molecule has 0 N–H and O–H groups in total. The lowest BCUT2D eigenvalue weighted by molar-refractivity contribution is 0.0787. The molecule has 0 unspecified atom stereocenters. The van der Waals surface area contributed by atoms with Gasteiger partial charge in [0.05, 0.1) is 16.3 Å². The first-order valence-electron chi connectivity index (χ1n) is 9.09. The highest BCUT2D eigenvalue weighted by molar-refractivity contribution is 7.12. The summed E-state index contributed by atoms with van der Waals surface area (Å²) >= 11 is 1.50. The van der Waals surface area contributed by atoms with Gasteiger partial charge >= 0.3 is 0 Å². The van der Waals surface area contributed by atoms with E-state index in [4.69, 9.17) is 0 Å². The Morgan fingerprint density at radius 1 is 1.30 bits per heavy atom. The Labute approximate surface area is 162 Å². The van der Waals surface area contributed by atoms with Crippen molar-refractivity contribution < 1.29 is 4.79 Å². The summed E-state index contributed by atoms with van der Waals surface area (Å²) in [5.41, 5.74) is 2.02. The topological polar surface area (TPSA) is 41.4 Å². The van der Waals surface area contributed by atoms with E-state index in [0.29, 0.717) is 13.1 Å². The van der Waals surface area contributed by atoms with Crippen molar-refractivity contribution in [2.75, 3.05) is 24.5 Å². The summed E-state index contributed by atoms with van der Waals surface area (Å²) in [4.78, 5) is 22.8. The number of anilines is 1. The average molecular weight is 376 g/mol. The van der Waals surface area contributed by atoms with E-state index < -0.39 is 0 Å². The van der Waals surface area contributed by atoms with Crippen molar-refractivity contribution in [3.63, 3.8) is 0 Å². The maximum absolute atomic E-state index is 13.0. The first-order chi connectivity index (χ1) is 13.2. The van der Waals surface area contributed by atoms with E-state index in [1.54, 1.807) is 0 Å². The van der Waals surface area contributed by atoms with Crippen LogP contribution in [-0.2, 0) is 5.54 Å². The summed E-state index contributed by atoms with van der Waals surface area (Å²) in [6.45, 7) is 6.09. The molecule has 1 atom stereocenters. The number of pyridine rings is 1. The molecule has 5 rings (SSSR count). The van der Waals surface area contributed by atoms with Crippen LogP contribution in [0.3, 0.4) is 0 Å². The number of amides is 1. The Kier molecular flexibility index (Phi) is 3.68. The molecule has 5 heterocycles. The highest BCUT2D eigenvalue weighted by atomic mass is 32.1. The second kappa shape index (κ2) is 6.09. The van der Waals surface area contributed by atoms with Gasteiger partial charge in [-0.05, 0) is 42.1 Å². The van der Waals surface area contributed by atoms with Crippen molar-refractivity contribution in [2.24, 2.45) is 0 Å². The van der Waals surface area contributed by atoms with Crippen LogP contribution in [0.15, 0.2) is 66.8 Å². The number of aromatic nitrogens is 2. The lowest BCUT2D eigenvalue weighted by Crippen LogP contribution is -2.52. The fourth-order valence-electron chi connectivity index (χ4n) is 4.45. The Bertz CT molecular complexity index is 1010. The number of nitrogens with zero attached hydrogens (tertiary/aromatic N) is 4. The number of fused-ring (bicyclic) bond motifs is 4. The summed E-state index contributed by atoms with van der Waals surface area (Å²) < 4.78 is 2.17. The number of carbonyl (C=O) groups excluding carboxylic acids is 1. The molecule has 0 bridgehead atoms. The van der Waals surface area contributed by atoms with Crippen LogP contribution < -0.4 is 4.90 Å². The quantitative estimate of drug-likeness (QED) is 0.655. The summed E-state index contributed by atoms with van der Waals surface area (Å²) in [6.07, 6.45) is 6.71. The van der Waals surface area contributed by atoms with Gasteiger partial charge in [0.1, 0.15) is 5.54 Å². The number of hydrogen-bond acceptors (Lipinski definition) is 4. The molecule has 27 heavy (non-hydrogen) atoms. The van der Waals surface area contributed by atoms with E-state index in [-0.39, 0.29) is 11.4 Å². The van der Waals surface area contributed by atoms with Gasteiger partial charge in [0.2, 0.25) is 0 Å². The third kappa shape index (κ3) is 2.29. The highest BCUT2D eigenvalue weighted by Gasteiger charge is 2.50. The van der Waals surface area contributed by atoms with Crippen LogP contribution in [0.25, 0.3) is 5.82 Å². The second-order valence-corrected chi connectivity index (χ2v) is 7.94. The fraction of sp³-hybridized carbons (Fsp3) is 0.238. The summed E-state index contributed by atoms with van der Waals surface area (Å²) in [5, 5.41) is 1.96. The fourth-order valence-corrected chi connectivity index (χ4v) is 5.14. The van der Waals surface area contributed by atoms with Crippen LogP contribution in [0.1, 0.15) is 21.8 Å². The minimum absolute atomic E-state index is 0.121. The van der Waals surface area contributed by atoms with Crippen LogP contribution in [-0.4, -0.2) is 40.0 Å². The Hall–Kier alpha value is -2.86. The molecule has 0 radical (unpaired) electrons. The zero-order valence-corrected chi connectivity index (χ0v) is 15.7. The van der Waals surface area contributed by atoms with E-state index in [2.05, 4.69) is 45.4 Å². The zero-order valence-electron chi connectivity index (χ0n) is 14.9. The van der Waals surface area contributed by atoms with Crippen LogP contribution in [0.5, 0.6) is 0 Å². The van der Waals surface area contributed by atoms with Crippen molar-refractivity contribution in [1.82, 2.24) is 14.5 Å². The van der Waals surface area contributed by atoms with E-state index in [1.165, 1.54) is 17.0 Å². The standard InChI is InChI=1S/C21H20N4OS/c1-2-11-25-16-6-3-10-22-19(16)24-12-4-8-18(24)21(25)9-13-23(15-21)20(26)17-7-5-14-27-17/h2-8,10,12,14H,1,9,11,13,15H2/t21-/m0/s1. The molecule has 136 valence electrons. The second-order valence-electron chi connectivity index (χ2n) is 6.99. The molecule has 0 aromatic carbocycles. The minimum Gasteiger partial charge on any atom is -0.352 e. The summed E-state index contributed by atoms with van der Waals surface area (Å²) in [6, 6.07) is 12.1. The van der Waals surface area contributed by atoms with Gasteiger partial charge in [0.25, 0.3) is 5.91 Å². The lowest BCUT2D eigenvalue weighted by Gasteiger charge is -2.46. The van der Waals surface area contributed by atoms with E-state index >= 15 is 0 Å². The molecule has 3 aromatic rings. The van der Waals surface area contributed by atoms with Gasteiger partial charge < -0.3 is 14.4 Å². The largest absolute Gasteiger partial charge is 0.352 e. The number of hydrogen-bond donors (Lipinski definition) is 0. The molecule has 2 aliphatic rings. The van der Waals surface area contributed by atoms with Crippen LogP contribution >= 0.6 is 11.3 Å². The normalized spacial score (nSPS) is 20.6. The Morgan fingerprint density at radius 3 is 3.04 bits per heavy atom. The monoisotopic (exact) mass is 376 g/mol. The van der Waals surface area contributed by atoms with Gasteiger partial charge in [-0.2, -0.15) is 0 Å². The molecule has 0 aliphatic carbocycles. The average Bonchev–Trinajstić information content (AvgIpc) is 3.46. The van der Waals surface area contributed by atoms with Gasteiger partial charge in [-0.25, -0.2) is 4.98 Å².